The molecule has 0 radical (unpaired) electrons. The summed E-state index contributed by atoms with van der Waals surface area (Å²) in [6, 6.07) is 12.3. The van der Waals surface area contributed by atoms with Crippen LogP contribution >= 0.6 is 0 Å². The quantitative estimate of drug-likeness (QED) is 0.559. The van der Waals surface area contributed by atoms with Crippen LogP contribution in [0.3, 0.4) is 0 Å². The summed E-state index contributed by atoms with van der Waals surface area (Å²) in [6.07, 6.45) is 1.81. The van der Waals surface area contributed by atoms with Gasteiger partial charge < -0.3 is 11.5 Å². The third-order valence-corrected chi connectivity index (χ3v) is 3.35. The molecule has 0 spiro atoms. The van der Waals surface area contributed by atoms with Crippen molar-refractivity contribution >= 4 is 11.4 Å². The lowest BCUT2D eigenvalue weighted by atomic mass is 9.84. The van der Waals surface area contributed by atoms with E-state index >= 15 is 0 Å². The second kappa shape index (κ2) is 3.27. The first kappa shape index (κ1) is 9.28. The Labute approximate surface area is 94.9 Å². The van der Waals surface area contributed by atoms with Gasteiger partial charge >= 0.3 is 0 Å². The van der Waals surface area contributed by atoms with Crippen molar-refractivity contribution in [1.82, 2.24) is 0 Å². The topological polar surface area (TPSA) is 52.0 Å². The molecule has 0 amide bonds. The molecule has 0 saturated carbocycles. The van der Waals surface area contributed by atoms with E-state index in [4.69, 9.17) is 11.5 Å². The minimum absolute atomic E-state index is 0.865. The largest absolute Gasteiger partial charge is 0.398 e. The summed E-state index contributed by atoms with van der Waals surface area (Å²) in [7, 11) is 0. The molecule has 0 aromatic heterocycles. The van der Waals surface area contributed by atoms with Gasteiger partial charge in [-0.3, -0.25) is 0 Å². The Balaban J connectivity index is 2.17. The van der Waals surface area contributed by atoms with Crippen molar-refractivity contribution in [3.05, 3.63) is 58.7 Å². The van der Waals surface area contributed by atoms with Crippen LogP contribution in [0.25, 0.3) is 0 Å². The summed E-state index contributed by atoms with van der Waals surface area (Å²) < 4.78 is 0. The van der Waals surface area contributed by atoms with Gasteiger partial charge in [-0.25, -0.2) is 0 Å². The zero-order valence-corrected chi connectivity index (χ0v) is 9.03. The second-order valence-electron chi connectivity index (χ2n) is 4.32. The first-order chi connectivity index (χ1) is 7.75. The van der Waals surface area contributed by atoms with E-state index in [9.17, 15) is 0 Å². The fourth-order valence-electron chi connectivity index (χ4n) is 2.45. The van der Waals surface area contributed by atoms with Crippen LogP contribution in [0.4, 0.5) is 11.4 Å². The van der Waals surface area contributed by atoms with Crippen molar-refractivity contribution in [2.75, 3.05) is 11.5 Å². The van der Waals surface area contributed by atoms with Crippen molar-refractivity contribution < 1.29 is 0 Å². The van der Waals surface area contributed by atoms with E-state index in [1.807, 2.05) is 24.3 Å². The molecule has 0 unspecified atom stereocenters. The molecule has 4 N–H and O–H groups in total. The first-order valence-corrected chi connectivity index (χ1v) is 5.48. The molecule has 3 rings (SSSR count). The Morgan fingerprint density at radius 1 is 0.688 bits per heavy atom. The van der Waals surface area contributed by atoms with Crippen LogP contribution in [-0.2, 0) is 12.8 Å². The minimum atomic E-state index is 0.865. The van der Waals surface area contributed by atoms with Crippen LogP contribution in [0.2, 0.25) is 0 Å². The van der Waals surface area contributed by atoms with Crippen LogP contribution < -0.4 is 11.5 Å². The molecule has 0 atom stereocenters. The number of benzene rings is 2. The number of hydrogen-bond donors (Lipinski definition) is 2. The summed E-state index contributed by atoms with van der Waals surface area (Å²) in [4.78, 5) is 0. The molecular formula is C14H14N2. The van der Waals surface area contributed by atoms with Gasteiger partial charge in [0.05, 0.1) is 0 Å². The number of hydrogen-bond acceptors (Lipinski definition) is 2. The van der Waals surface area contributed by atoms with E-state index in [2.05, 4.69) is 12.1 Å². The molecule has 2 heteroatoms. The maximum absolute atomic E-state index is 6.01. The highest BCUT2D eigenvalue weighted by molar-refractivity contribution is 5.62. The number of nitrogens with two attached hydrogens (primary N) is 2. The summed E-state index contributed by atoms with van der Waals surface area (Å²) in [5, 5.41) is 0. The standard InChI is InChI=1S/C14H14N2/c15-13-5-1-3-9-7-10-4-2-6-14(16)12(10)8-11(9)13/h1-6H,7-8,15-16H2. The predicted octanol–water partition coefficient (Wildman–Crippen LogP) is 2.35. The molecule has 2 aromatic rings. The zero-order valence-electron chi connectivity index (χ0n) is 9.03. The van der Waals surface area contributed by atoms with Gasteiger partial charge in [0.25, 0.3) is 0 Å². The Hall–Kier alpha value is -1.96. The lowest BCUT2D eigenvalue weighted by molar-refractivity contribution is 1.01. The van der Waals surface area contributed by atoms with Crippen LogP contribution in [-0.4, -0.2) is 0 Å². The van der Waals surface area contributed by atoms with E-state index in [1.54, 1.807) is 0 Å². The normalized spacial score (nSPS) is 13.0. The van der Waals surface area contributed by atoms with Crippen molar-refractivity contribution in [1.29, 1.82) is 0 Å². The third kappa shape index (κ3) is 1.27. The van der Waals surface area contributed by atoms with Crippen LogP contribution in [0.5, 0.6) is 0 Å². The fraction of sp³-hybridized carbons (Fsp3) is 0.143. The van der Waals surface area contributed by atoms with Gasteiger partial charge in [-0.15, -0.1) is 0 Å². The average Bonchev–Trinajstić information content (AvgIpc) is 2.28. The SMILES string of the molecule is Nc1cccc2c1Cc1c(N)cccc1C2. The van der Waals surface area contributed by atoms with Crippen molar-refractivity contribution in [3.8, 4) is 0 Å². The molecule has 1 aliphatic rings. The Bertz CT molecular complexity index is 509. The van der Waals surface area contributed by atoms with Gasteiger partial charge in [-0.1, -0.05) is 24.3 Å². The summed E-state index contributed by atoms with van der Waals surface area (Å²) in [5.74, 6) is 0. The van der Waals surface area contributed by atoms with Crippen molar-refractivity contribution in [2.45, 2.75) is 12.8 Å². The molecule has 1 aliphatic carbocycles. The molecule has 0 aliphatic heterocycles. The summed E-state index contributed by atoms with van der Waals surface area (Å²) in [6.45, 7) is 0. The number of anilines is 2. The number of rotatable bonds is 0. The minimum Gasteiger partial charge on any atom is -0.398 e. The summed E-state index contributed by atoms with van der Waals surface area (Å²) in [5.41, 5.74) is 18.9. The van der Waals surface area contributed by atoms with E-state index in [1.165, 1.54) is 22.3 Å². The monoisotopic (exact) mass is 210 g/mol. The summed E-state index contributed by atoms with van der Waals surface area (Å²) >= 11 is 0. The lowest BCUT2D eigenvalue weighted by Crippen LogP contribution is -2.11. The van der Waals surface area contributed by atoms with Crippen LogP contribution in [0, 0.1) is 0 Å². The smallest absolute Gasteiger partial charge is 0.0352 e. The molecule has 2 nitrogen and oxygen atoms in total. The zero-order chi connectivity index (χ0) is 11.1. The van der Waals surface area contributed by atoms with E-state index in [0.717, 1.165) is 24.2 Å². The van der Waals surface area contributed by atoms with Gasteiger partial charge in [0.2, 0.25) is 0 Å². The molecule has 80 valence electrons. The predicted molar refractivity (Wildman–Crippen MR) is 67.3 cm³/mol. The van der Waals surface area contributed by atoms with Gasteiger partial charge in [-0.05, 0) is 40.8 Å². The number of nitrogen functional groups attached to an aromatic ring is 2. The maximum Gasteiger partial charge on any atom is 0.0352 e. The molecule has 2 aromatic carbocycles. The molecular weight excluding hydrogens is 196 g/mol. The van der Waals surface area contributed by atoms with Gasteiger partial charge in [0.1, 0.15) is 0 Å². The maximum atomic E-state index is 6.01. The highest BCUT2D eigenvalue weighted by atomic mass is 14.6. The molecule has 0 fully saturated rings. The first-order valence-electron chi connectivity index (χ1n) is 5.48. The van der Waals surface area contributed by atoms with Gasteiger partial charge in [0.15, 0.2) is 0 Å². The van der Waals surface area contributed by atoms with Crippen molar-refractivity contribution in [2.24, 2.45) is 0 Å². The van der Waals surface area contributed by atoms with Crippen LogP contribution in [0.1, 0.15) is 22.3 Å². The van der Waals surface area contributed by atoms with Gasteiger partial charge in [-0.2, -0.15) is 0 Å². The van der Waals surface area contributed by atoms with E-state index < -0.39 is 0 Å². The molecule has 16 heavy (non-hydrogen) atoms. The highest BCUT2D eigenvalue weighted by Crippen LogP contribution is 2.32. The molecule has 0 saturated heterocycles. The second-order valence-corrected chi connectivity index (χ2v) is 4.32. The van der Waals surface area contributed by atoms with E-state index in [0.29, 0.717) is 0 Å². The lowest BCUT2D eigenvalue weighted by Gasteiger charge is -2.22. The Morgan fingerprint density at radius 3 is 1.69 bits per heavy atom. The number of fused-ring (bicyclic) bond motifs is 2. The Kier molecular flexibility index (Phi) is 1.90. The molecule has 0 heterocycles. The van der Waals surface area contributed by atoms with Crippen LogP contribution in [0.15, 0.2) is 36.4 Å². The van der Waals surface area contributed by atoms with Crippen molar-refractivity contribution in [3.63, 3.8) is 0 Å². The third-order valence-electron chi connectivity index (χ3n) is 3.35. The molecule has 0 bridgehead atoms. The highest BCUT2D eigenvalue weighted by Gasteiger charge is 2.18. The fourth-order valence-corrected chi connectivity index (χ4v) is 2.45. The van der Waals surface area contributed by atoms with Gasteiger partial charge in [0, 0.05) is 17.8 Å². The average molecular weight is 210 g/mol. The Morgan fingerprint density at radius 2 is 1.19 bits per heavy atom. The van der Waals surface area contributed by atoms with E-state index in [-0.39, 0.29) is 0 Å².